The molecule has 0 aliphatic heterocycles. The van der Waals surface area contributed by atoms with Gasteiger partial charge in [-0.3, -0.25) is 0 Å². The summed E-state index contributed by atoms with van der Waals surface area (Å²) >= 11 is 5.06. The smallest absolute Gasteiger partial charge is 0.230 e. The topological polar surface area (TPSA) is 64.9 Å². The number of thiophene rings is 1. The van der Waals surface area contributed by atoms with Crippen LogP contribution >= 0.6 is 27.3 Å². The van der Waals surface area contributed by atoms with E-state index in [4.69, 9.17) is 10.3 Å². The number of rotatable bonds is 3. The van der Waals surface area contributed by atoms with Gasteiger partial charge in [0.15, 0.2) is 0 Å². The normalized spacial score (nSPS) is 23.7. The van der Waals surface area contributed by atoms with Gasteiger partial charge in [0.05, 0.1) is 4.88 Å². The summed E-state index contributed by atoms with van der Waals surface area (Å²) in [4.78, 5) is 5.59. The minimum atomic E-state index is 0.410. The second kappa shape index (κ2) is 5.73. The van der Waals surface area contributed by atoms with Crippen LogP contribution in [0.2, 0.25) is 0 Å². The summed E-state index contributed by atoms with van der Waals surface area (Å²) in [7, 11) is 0. The molecule has 0 radical (unpaired) electrons. The van der Waals surface area contributed by atoms with Gasteiger partial charge in [-0.25, -0.2) is 0 Å². The van der Waals surface area contributed by atoms with Gasteiger partial charge in [-0.05, 0) is 60.1 Å². The zero-order valence-corrected chi connectivity index (χ0v) is 12.9. The first-order valence-corrected chi connectivity index (χ1v) is 8.21. The quantitative estimate of drug-likeness (QED) is 0.922. The molecule has 0 amide bonds. The molecule has 0 saturated heterocycles. The molecular formula is C13H16BrN3OS. The molecule has 2 aromatic heterocycles. The van der Waals surface area contributed by atoms with Crippen LogP contribution in [0.4, 0.5) is 0 Å². The van der Waals surface area contributed by atoms with Gasteiger partial charge in [-0.2, -0.15) is 4.98 Å². The number of hydrogen-bond acceptors (Lipinski definition) is 5. The van der Waals surface area contributed by atoms with Gasteiger partial charge in [-0.15, -0.1) is 11.3 Å². The highest BCUT2D eigenvalue weighted by molar-refractivity contribution is 9.10. The maximum atomic E-state index is 5.72. The van der Waals surface area contributed by atoms with E-state index in [1.54, 1.807) is 11.3 Å². The lowest BCUT2D eigenvalue weighted by atomic mass is 9.82. The van der Waals surface area contributed by atoms with Gasteiger partial charge in [0.1, 0.15) is 0 Å². The SMILES string of the molecule is NCC1CCC(c2nc(-c3cc(Br)cs3)no2)CC1. The molecule has 1 aliphatic rings. The van der Waals surface area contributed by atoms with E-state index in [-0.39, 0.29) is 0 Å². The van der Waals surface area contributed by atoms with Crippen molar-refractivity contribution in [1.82, 2.24) is 10.1 Å². The standard InChI is InChI=1S/C13H16BrN3OS/c14-10-5-11(19-7-10)12-16-13(18-17-12)9-3-1-8(6-15)2-4-9/h5,7-9H,1-4,6,15H2. The van der Waals surface area contributed by atoms with Gasteiger partial charge in [0.2, 0.25) is 11.7 Å². The zero-order chi connectivity index (χ0) is 13.2. The second-order valence-corrected chi connectivity index (χ2v) is 6.87. The fraction of sp³-hybridized carbons (Fsp3) is 0.538. The molecule has 4 nitrogen and oxygen atoms in total. The van der Waals surface area contributed by atoms with Crippen LogP contribution in [0.25, 0.3) is 10.7 Å². The fourth-order valence-corrected chi connectivity index (χ4v) is 3.93. The van der Waals surface area contributed by atoms with Crippen LogP contribution in [-0.2, 0) is 0 Å². The van der Waals surface area contributed by atoms with E-state index in [2.05, 4.69) is 26.1 Å². The van der Waals surface area contributed by atoms with Crippen molar-refractivity contribution in [3.8, 4) is 10.7 Å². The minimum absolute atomic E-state index is 0.410. The lowest BCUT2D eigenvalue weighted by molar-refractivity contribution is 0.275. The lowest BCUT2D eigenvalue weighted by Gasteiger charge is -2.24. The van der Waals surface area contributed by atoms with Crippen LogP contribution in [0.15, 0.2) is 20.4 Å². The summed E-state index contributed by atoms with van der Waals surface area (Å²) in [5, 5.41) is 6.12. The van der Waals surface area contributed by atoms with E-state index in [9.17, 15) is 0 Å². The molecule has 1 saturated carbocycles. The highest BCUT2D eigenvalue weighted by Crippen LogP contribution is 2.36. The average Bonchev–Trinajstić information content (AvgIpc) is 3.07. The third kappa shape index (κ3) is 2.90. The Bertz CT molecular complexity index is 546. The van der Waals surface area contributed by atoms with Crippen molar-refractivity contribution in [2.75, 3.05) is 6.54 Å². The molecule has 1 aliphatic carbocycles. The van der Waals surface area contributed by atoms with E-state index >= 15 is 0 Å². The molecule has 3 rings (SSSR count). The fourth-order valence-electron chi connectivity index (χ4n) is 2.58. The maximum Gasteiger partial charge on any atom is 0.230 e. The Morgan fingerprint density at radius 2 is 2.16 bits per heavy atom. The first-order valence-electron chi connectivity index (χ1n) is 6.54. The Kier molecular flexibility index (Phi) is 4.00. The van der Waals surface area contributed by atoms with Crippen molar-refractivity contribution >= 4 is 27.3 Å². The predicted molar refractivity (Wildman–Crippen MR) is 79.1 cm³/mol. The second-order valence-electron chi connectivity index (χ2n) is 5.04. The molecule has 0 aromatic carbocycles. The van der Waals surface area contributed by atoms with Gasteiger partial charge < -0.3 is 10.3 Å². The van der Waals surface area contributed by atoms with Crippen LogP contribution in [0.1, 0.15) is 37.5 Å². The number of aromatic nitrogens is 2. The summed E-state index contributed by atoms with van der Waals surface area (Å²) in [5.41, 5.74) is 5.72. The molecule has 0 bridgehead atoms. The third-order valence-electron chi connectivity index (χ3n) is 3.76. The number of nitrogens with two attached hydrogens (primary N) is 1. The number of halogens is 1. The van der Waals surface area contributed by atoms with Crippen LogP contribution < -0.4 is 5.73 Å². The molecule has 2 N–H and O–H groups in total. The van der Waals surface area contributed by atoms with E-state index in [1.165, 1.54) is 12.8 Å². The molecule has 1 fully saturated rings. The Balaban J connectivity index is 1.72. The molecule has 2 aromatic rings. The molecule has 6 heteroatoms. The van der Waals surface area contributed by atoms with Gasteiger partial charge in [0, 0.05) is 15.8 Å². The van der Waals surface area contributed by atoms with Crippen LogP contribution in [-0.4, -0.2) is 16.7 Å². The molecule has 0 atom stereocenters. The number of hydrogen-bond donors (Lipinski definition) is 1. The summed E-state index contributed by atoms with van der Waals surface area (Å²) in [6, 6.07) is 2.02. The summed E-state index contributed by atoms with van der Waals surface area (Å²) < 4.78 is 6.49. The van der Waals surface area contributed by atoms with E-state index in [1.807, 2.05) is 11.4 Å². The molecule has 19 heavy (non-hydrogen) atoms. The van der Waals surface area contributed by atoms with E-state index in [0.29, 0.717) is 17.7 Å². The van der Waals surface area contributed by atoms with Crippen LogP contribution in [0, 0.1) is 5.92 Å². The summed E-state index contributed by atoms with van der Waals surface area (Å²) in [5.74, 6) is 2.57. The molecule has 102 valence electrons. The van der Waals surface area contributed by atoms with Crippen LogP contribution in [0.5, 0.6) is 0 Å². The average molecular weight is 342 g/mol. The lowest BCUT2D eigenvalue weighted by Crippen LogP contribution is -2.20. The van der Waals surface area contributed by atoms with E-state index < -0.39 is 0 Å². The Morgan fingerprint density at radius 1 is 1.37 bits per heavy atom. The summed E-state index contributed by atoms with van der Waals surface area (Å²) in [6.07, 6.45) is 4.56. The zero-order valence-electron chi connectivity index (χ0n) is 10.5. The van der Waals surface area contributed by atoms with Crippen molar-refractivity contribution in [3.63, 3.8) is 0 Å². The number of nitrogens with zero attached hydrogens (tertiary/aromatic N) is 2. The van der Waals surface area contributed by atoms with Crippen molar-refractivity contribution in [2.45, 2.75) is 31.6 Å². The highest BCUT2D eigenvalue weighted by Gasteiger charge is 2.26. The molecule has 0 spiro atoms. The molecule has 0 unspecified atom stereocenters. The largest absolute Gasteiger partial charge is 0.339 e. The van der Waals surface area contributed by atoms with Crippen molar-refractivity contribution < 1.29 is 4.52 Å². The maximum absolute atomic E-state index is 5.72. The van der Waals surface area contributed by atoms with Crippen LogP contribution in [0.3, 0.4) is 0 Å². The van der Waals surface area contributed by atoms with Crippen molar-refractivity contribution in [1.29, 1.82) is 0 Å². The Labute approximate surface area is 124 Å². The Morgan fingerprint density at radius 3 is 2.79 bits per heavy atom. The predicted octanol–water partition coefficient (Wildman–Crippen LogP) is 3.79. The first kappa shape index (κ1) is 13.3. The minimum Gasteiger partial charge on any atom is -0.339 e. The molecule has 2 heterocycles. The third-order valence-corrected chi connectivity index (χ3v) is 5.45. The first-order chi connectivity index (χ1) is 9.26. The summed E-state index contributed by atoms with van der Waals surface area (Å²) in [6.45, 7) is 0.797. The highest BCUT2D eigenvalue weighted by atomic mass is 79.9. The Hall–Kier alpha value is -0.720. The van der Waals surface area contributed by atoms with Gasteiger partial charge in [-0.1, -0.05) is 5.16 Å². The monoisotopic (exact) mass is 341 g/mol. The van der Waals surface area contributed by atoms with Crippen molar-refractivity contribution in [2.24, 2.45) is 11.7 Å². The van der Waals surface area contributed by atoms with Gasteiger partial charge >= 0.3 is 0 Å². The van der Waals surface area contributed by atoms with Gasteiger partial charge in [0.25, 0.3) is 0 Å². The van der Waals surface area contributed by atoms with Crippen molar-refractivity contribution in [3.05, 3.63) is 21.8 Å². The molecular weight excluding hydrogens is 326 g/mol. The van der Waals surface area contributed by atoms with E-state index in [0.717, 1.165) is 34.6 Å².